The van der Waals surface area contributed by atoms with Gasteiger partial charge < -0.3 is 15.0 Å². The molecule has 0 aromatic rings. The minimum Gasteiger partial charge on any atom is -0.381 e. The number of carbonyl (C=O) groups excluding carboxylic acids is 2. The van der Waals surface area contributed by atoms with E-state index in [0.717, 1.165) is 32.3 Å². The van der Waals surface area contributed by atoms with Crippen molar-refractivity contribution in [3.63, 3.8) is 0 Å². The van der Waals surface area contributed by atoms with Gasteiger partial charge in [0.05, 0.1) is 6.54 Å². The minimum absolute atomic E-state index is 0.0269. The zero-order valence-electron chi connectivity index (χ0n) is 11.0. The van der Waals surface area contributed by atoms with Gasteiger partial charge in [0.15, 0.2) is 0 Å². The molecule has 0 radical (unpaired) electrons. The van der Waals surface area contributed by atoms with E-state index >= 15 is 0 Å². The molecule has 2 aliphatic rings. The monoisotopic (exact) mass is 254 g/mol. The lowest BCUT2D eigenvalue weighted by Gasteiger charge is -2.32. The Balaban J connectivity index is 1.75. The topological polar surface area (TPSA) is 58.6 Å². The maximum atomic E-state index is 12.1. The molecule has 1 saturated carbocycles. The van der Waals surface area contributed by atoms with Crippen LogP contribution < -0.4 is 5.32 Å². The summed E-state index contributed by atoms with van der Waals surface area (Å²) in [5.41, 5.74) is 0. The molecule has 0 aromatic carbocycles. The Kier molecular flexibility index (Phi) is 4.58. The number of carbonyl (C=O) groups is 2. The molecule has 1 unspecified atom stereocenters. The van der Waals surface area contributed by atoms with Crippen molar-refractivity contribution in [1.82, 2.24) is 10.2 Å². The molecule has 102 valence electrons. The highest BCUT2D eigenvalue weighted by atomic mass is 16.5. The average Bonchev–Trinajstić information content (AvgIpc) is 3.17. The maximum Gasteiger partial charge on any atom is 0.245 e. The molecular weight excluding hydrogens is 232 g/mol. The third kappa shape index (κ3) is 3.45. The fourth-order valence-corrected chi connectivity index (χ4v) is 2.27. The highest BCUT2D eigenvalue weighted by molar-refractivity contribution is 5.95. The van der Waals surface area contributed by atoms with E-state index in [4.69, 9.17) is 4.74 Å². The molecule has 1 saturated heterocycles. The highest BCUT2D eigenvalue weighted by Crippen LogP contribution is 2.34. The van der Waals surface area contributed by atoms with Gasteiger partial charge in [0.25, 0.3) is 0 Å². The first-order valence-electron chi connectivity index (χ1n) is 6.88. The second kappa shape index (κ2) is 6.18. The van der Waals surface area contributed by atoms with Crippen LogP contribution in [0.1, 0.15) is 32.6 Å². The Hall–Kier alpha value is -1.10. The summed E-state index contributed by atoms with van der Waals surface area (Å²) in [6, 6.07) is -0.261. The maximum absolute atomic E-state index is 12.1. The third-order valence-electron chi connectivity index (χ3n) is 3.39. The van der Waals surface area contributed by atoms with Gasteiger partial charge in [-0.15, -0.1) is 0 Å². The van der Waals surface area contributed by atoms with Gasteiger partial charge in [-0.2, -0.15) is 0 Å². The predicted molar refractivity (Wildman–Crippen MR) is 67.0 cm³/mol. The van der Waals surface area contributed by atoms with E-state index < -0.39 is 0 Å². The van der Waals surface area contributed by atoms with Crippen LogP contribution in [0.3, 0.4) is 0 Å². The molecule has 2 amide bonds. The van der Waals surface area contributed by atoms with Gasteiger partial charge in [-0.25, -0.2) is 0 Å². The summed E-state index contributed by atoms with van der Waals surface area (Å²) in [7, 11) is 0. The molecule has 0 bridgehead atoms. The van der Waals surface area contributed by atoms with Gasteiger partial charge in [0.1, 0.15) is 6.04 Å². The summed E-state index contributed by atoms with van der Waals surface area (Å²) in [4.78, 5) is 25.4. The number of amides is 2. The molecule has 5 nitrogen and oxygen atoms in total. The first-order valence-corrected chi connectivity index (χ1v) is 6.88. The Labute approximate surface area is 108 Å². The Bertz CT molecular complexity index is 315. The lowest BCUT2D eigenvalue weighted by atomic mass is 10.1. The Morgan fingerprint density at radius 2 is 2.11 bits per heavy atom. The van der Waals surface area contributed by atoms with Crippen molar-refractivity contribution in [3.05, 3.63) is 0 Å². The number of hydrogen-bond donors (Lipinski definition) is 1. The number of piperazine rings is 1. The van der Waals surface area contributed by atoms with Crippen LogP contribution >= 0.6 is 0 Å². The van der Waals surface area contributed by atoms with E-state index in [9.17, 15) is 9.59 Å². The molecule has 1 heterocycles. The standard InChI is InChI=1S/C13H22N2O3/c1-2-7-18-8-3-6-15-9-11(16)14-12(13(15)17)10-4-5-10/h10,12H,2-9H2,1H3,(H,14,16). The van der Waals surface area contributed by atoms with Crippen LogP contribution in [0.4, 0.5) is 0 Å². The molecular formula is C13H22N2O3. The number of ether oxygens (including phenoxy) is 1. The van der Waals surface area contributed by atoms with Crippen LogP contribution in [0, 0.1) is 5.92 Å². The first-order chi connectivity index (χ1) is 8.72. The smallest absolute Gasteiger partial charge is 0.245 e. The Morgan fingerprint density at radius 1 is 1.33 bits per heavy atom. The molecule has 1 aliphatic carbocycles. The summed E-state index contributed by atoms with van der Waals surface area (Å²) in [5, 5.41) is 2.81. The van der Waals surface area contributed by atoms with Crippen molar-refractivity contribution < 1.29 is 14.3 Å². The Morgan fingerprint density at radius 3 is 2.78 bits per heavy atom. The van der Waals surface area contributed by atoms with Crippen molar-refractivity contribution in [1.29, 1.82) is 0 Å². The summed E-state index contributed by atoms with van der Waals surface area (Å²) in [5.74, 6) is 0.439. The molecule has 18 heavy (non-hydrogen) atoms. The first kappa shape index (κ1) is 13.3. The van der Waals surface area contributed by atoms with Gasteiger partial charge >= 0.3 is 0 Å². The quantitative estimate of drug-likeness (QED) is 0.675. The fraction of sp³-hybridized carbons (Fsp3) is 0.846. The number of rotatable bonds is 7. The zero-order chi connectivity index (χ0) is 13.0. The van der Waals surface area contributed by atoms with E-state index in [1.54, 1.807) is 4.90 Å². The molecule has 0 aromatic heterocycles. The van der Waals surface area contributed by atoms with Crippen LogP contribution in [0.25, 0.3) is 0 Å². The van der Waals surface area contributed by atoms with Crippen molar-refractivity contribution in [2.45, 2.75) is 38.6 Å². The van der Waals surface area contributed by atoms with Gasteiger partial charge in [0.2, 0.25) is 11.8 Å². The highest BCUT2D eigenvalue weighted by Gasteiger charge is 2.42. The number of hydrogen-bond acceptors (Lipinski definition) is 3. The van der Waals surface area contributed by atoms with Gasteiger partial charge in [-0.3, -0.25) is 9.59 Å². The van der Waals surface area contributed by atoms with Gasteiger partial charge in [-0.05, 0) is 31.6 Å². The fourth-order valence-electron chi connectivity index (χ4n) is 2.27. The second-order valence-corrected chi connectivity index (χ2v) is 5.11. The van der Waals surface area contributed by atoms with Crippen molar-refractivity contribution in [2.24, 2.45) is 5.92 Å². The lowest BCUT2D eigenvalue weighted by Crippen LogP contribution is -2.59. The summed E-state index contributed by atoms with van der Waals surface area (Å²) in [6.07, 6.45) is 3.93. The van der Waals surface area contributed by atoms with Crippen molar-refractivity contribution >= 4 is 11.8 Å². The van der Waals surface area contributed by atoms with Crippen LogP contribution in [0.5, 0.6) is 0 Å². The van der Waals surface area contributed by atoms with Crippen LogP contribution in [0.2, 0.25) is 0 Å². The molecule has 1 aliphatic heterocycles. The molecule has 2 rings (SSSR count). The molecule has 1 N–H and O–H groups in total. The zero-order valence-corrected chi connectivity index (χ0v) is 11.0. The summed E-state index contributed by atoms with van der Waals surface area (Å²) >= 11 is 0. The molecule has 5 heteroatoms. The normalized spacial score (nSPS) is 24.3. The lowest BCUT2D eigenvalue weighted by molar-refractivity contribution is -0.145. The van der Waals surface area contributed by atoms with Crippen LogP contribution in [0.15, 0.2) is 0 Å². The molecule has 2 fully saturated rings. The van der Waals surface area contributed by atoms with E-state index in [1.807, 2.05) is 0 Å². The van der Waals surface area contributed by atoms with Crippen molar-refractivity contribution in [2.75, 3.05) is 26.3 Å². The predicted octanol–water partition coefficient (Wildman–Crippen LogP) is 0.540. The van der Waals surface area contributed by atoms with Crippen molar-refractivity contribution in [3.8, 4) is 0 Å². The van der Waals surface area contributed by atoms with E-state index in [-0.39, 0.29) is 24.4 Å². The van der Waals surface area contributed by atoms with E-state index in [0.29, 0.717) is 19.1 Å². The number of nitrogens with zero attached hydrogens (tertiary/aromatic N) is 1. The summed E-state index contributed by atoms with van der Waals surface area (Å²) < 4.78 is 5.38. The molecule has 0 spiro atoms. The number of nitrogens with one attached hydrogen (secondary N) is 1. The second-order valence-electron chi connectivity index (χ2n) is 5.11. The largest absolute Gasteiger partial charge is 0.381 e. The van der Waals surface area contributed by atoms with Crippen LogP contribution in [-0.4, -0.2) is 49.1 Å². The van der Waals surface area contributed by atoms with Gasteiger partial charge in [0, 0.05) is 19.8 Å². The van der Waals surface area contributed by atoms with E-state index in [2.05, 4.69) is 12.2 Å². The minimum atomic E-state index is -0.261. The molecule has 1 atom stereocenters. The van der Waals surface area contributed by atoms with Gasteiger partial charge in [-0.1, -0.05) is 6.92 Å². The van der Waals surface area contributed by atoms with Crippen LogP contribution in [-0.2, 0) is 14.3 Å². The van der Waals surface area contributed by atoms with E-state index in [1.165, 1.54) is 0 Å². The SMILES string of the molecule is CCCOCCCN1CC(=O)NC(C2CC2)C1=O. The third-order valence-corrected chi connectivity index (χ3v) is 3.39. The summed E-state index contributed by atoms with van der Waals surface area (Å²) in [6.45, 7) is 4.32. The average molecular weight is 254 g/mol.